The zero-order valence-electron chi connectivity index (χ0n) is 17.2. The minimum atomic E-state index is -0.829. The van der Waals surface area contributed by atoms with E-state index in [-0.39, 0.29) is 39.9 Å². The molecule has 31 heavy (non-hydrogen) atoms. The van der Waals surface area contributed by atoms with E-state index < -0.39 is 11.6 Å². The summed E-state index contributed by atoms with van der Waals surface area (Å²) in [7, 11) is 0. The molecule has 0 saturated heterocycles. The number of anilines is 1. The number of nitrogens with one attached hydrogen (secondary N) is 2. The van der Waals surface area contributed by atoms with E-state index in [1.165, 1.54) is 31.3 Å². The molecule has 2 unspecified atom stereocenters. The zero-order chi connectivity index (χ0) is 22.1. The first kappa shape index (κ1) is 20.9. The first-order chi connectivity index (χ1) is 14.9. The quantitative estimate of drug-likeness (QED) is 0.524. The summed E-state index contributed by atoms with van der Waals surface area (Å²) in [5.41, 5.74) is 6.61. The van der Waals surface area contributed by atoms with Gasteiger partial charge in [-0.15, -0.1) is 0 Å². The van der Waals surface area contributed by atoms with Crippen molar-refractivity contribution in [1.82, 2.24) is 19.7 Å². The molecule has 4 rings (SSSR count). The van der Waals surface area contributed by atoms with E-state index in [1.54, 1.807) is 0 Å². The summed E-state index contributed by atoms with van der Waals surface area (Å²) in [6.45, 7) is 2.80. The SMILES string of the molecule is CCC1CCC(CNC(=O)c2cc(N)c(C(=N)c3cnc4c(F)cc(F)cn34)cn2)C1. The molecule has 0 bridgehead atoms. The van der Waals surface area contributed by atoms with Crippen LogP contribution >= 0.6 is 0 Å². The number of hydrogen-bond donors (Lipinski definition) is 3. The molecule has 0 spiro atoms. The van der Waals surface area contributed by atoms with E-state index >= 15 is 0 Å². The smallest absolute Gasteiger partial charge is 0.269 e. The Bertz CT molecular complexity index is 1160. The number of hydrogen-bond acceptors (Lipinski definition) is 5. The van der Waals surface area contributed by atoms with Crippen LogP contribution in [0.5, 0.6) is 0 Å². The third-order valence-electron chi connectivity index (χ3n) is 6.00. The fraction of sp³-hybridized carbons (Fsp3) is 0.364. The van der Waals surface area contributed by atoms with Crippen molar-refractivity contribution in [1.29, 1.82) is 5.41 Å². The van der Waals surface area contributed by atoms with Crippen LogP contribution in [0, 0.1) is 28.9 Å². The number of nitrogens with zero attached hydrogens (tertiary/aromatic N) is 3. The van der Waals surface area contributed by atoms with E-state index in [0.717, 1.165) is 35.4 Å². The van der Waals surface area contributed by atoms with E-state index in [2.05, 4.69) is 22.2 Å². The Balaban J connectivity index is 1.50. The Morgan fingerprint density at radius 1 is 1.26 bits per heavy atom. The topological polar surface area (TPSA) is 109 Å². The highest BCUT2D eigenvalue weighted by molar-refractivity contribution is 6.13. The van der Waals surface area contributed by atoms with Gasteiger partial charge in [-0.3, -0.25) is 19.6 Å². The number of nitrogen functional groups attached to an aromatic ring is 1. The van der Waals surface area contributed by atoms with Crippen LogP contribution in [0.3, 0.4) is 0 Å². The largest absolute Gasteiger partial charge is 0.398 e. The van der Waals surface area contributed by atoms with Gasteiger partial charge in [0.15, 0.2) is 11.5 Å². The molecule has 1 aliphatic rings. The molecular formula is C22H24F2N6O. The van der Waals surface area contributed by atoms with E-state index in [1.807, 2.05) is 0 Å². The minimum absolute atomic E-state index is 0.0964. The summed E-state index contributed by atoms with van der Waals surface area (Å²) >= 11 is 0. The number of fused-ring (bicyclic) bond motifs is 1. The van der Waals surface area contributed by atoms with Gasteiger partial charge in [-0.2, -0.15) is 0 Å². The lowest BCUT2D eigenvalue weighted by Gasteiger charge is -2.12. The Hall–Kier alpha value is -3.36. The molecule has 4 N–H and O–H groups in total. The molecule has 3 aromatic rings. The molecule has 3 aromatic heterocycles. The van der Waals surface area contributed by atoms with Crippen LogP contribution in [0.4, 0.5) is 14.5 Å². The lowest BCUT2D eigenvalue weighted by Crippen LogP contribution is -2.29. The van der Waals surface area contributed by atoms with Gasteiger partial charge in [0, 0.05) is 36.3 Å². The van der Waals surface area contributed by atoms with E-state index in [9.17, 15) is 13.6 Å². The van der Waals surface area contributed by atoms with Gasteiger partial charge in [0.1, 0.15) is 11.5 Å². The fourth-order valence-electron chi connectivity index (χ4n) is 4.20. The molecule has 9 heteroatoms. The second-order valence-electron chi connectivity index (χ2n) is 8.04. The standard InChI is InChI=1S/C22H24F2N6O/c1-2-12-3-4-13(5-12)8-29-22(31)18-7-17(25)15(9-27-18)20(26)19-10-28-21-16(24)6-14(23)11-30(19)21/h6-7,9-13,26H,2-5,8H2,1H3,(H2,25,27)(H,29,31). The average molecular weight is 426 g/mol. The highest BCUT2D eigenvalue weighted by Gasteiger charge is 2.24. The molecule has 1 aliphatic carbocycles. The van der Waals surface area contributed by atoms with Crippen molar-refractivity contribution >= 4 is 23.0 Å². The Kier molecular flexibility index (Phi) is 5.67. The number of pyridine rings is 2. The molecule has 162 valence electrons. The first-order valence-corrected chi connectivity index (χ1v) is 10.3. The maximum Gasteiger partial charge on any atom is 0.269 e. The molecule has 2 atom stereocenters. The monoisotopic (exact) mass is 426 g/mol. The van der Waals surface area contributed by atoms with Crippen molar-refractivity contribution in [3.05, 3.63) is 59.3 Å². The van der Waals surface area contributed by atoms with Gasteiger partial charge < -0.3 is 11.1 Å². The number of rotatable bonds is 6. The second kappa shape index (κ2) is 8.41. The predicted molar refractivity (Wildman–Crippen MR) is 113 cm³/mol. The highest BCUT2D eigenvalue weighted by Crippen LogP contribution is 2.32. The van der Waals surface area contributed by atoms with Crippen LogP contribution in [0.2, 0.25) is 0 Å². The third kappa shape index (κ3) is 4.12. The summed E-state index contributed by atoms with van der Waals surface area (Å²) in [5.74, 6) is -0.715. The first-order valence-electron chi connectivity index (χ1n) is 10.3. The minimum Gasteiger partial charge on any atom is -0.398 e. The van der Waals surface area contributed by atoms with Crippen LogP contribution in [-0.2, 0) is 0 Å². The van der Waals surface area contributed by atoms with Crippen LogP contribution in [0.1, 0.15) is 54.4 Å². The maximum atomic E-state index is 13.9. The van der Waals surface area contributed by atoms with Crippen molar-refractivity contribution in [3.8, 4) is 0 Å². The van der Waals surface area contributed by atoms with Crippen LogP contribution < -0.4 is 11.1 Å². The summed E-state index contributed by atoms with van der Waals surface area (Å²) in [4.78, 5) is 20.5. The Labute approximate surface area is 178 Å². The Morgan fingerprint density at radius 2 is 2.03 bits per heavy atom. The van der Waals surface area contributed by atoms with Crippen molar-refractivity contribution in [2.24, 2.45) is 11.8 Å². The van der Waals surface area contributed by atoms with Crippen molar-refractivity contribution in [3.63, 3.8) is 0 Å². The zero-order valence-corrected chi connectivity index (χ0v) is 17.2. The third-order valence-corrected chi connectivity index (χ3v) is 6.00. The van der Waals surface area contributed by atoms with Gasteiger partial charge in [0.25, 0.3) is 5.91 Å². The summed E-state index contributed by atoms with van der Waals surface area (Å²) < 4.78 is 28.7. The van der Waals surface area contributed by atoms with Gasteiger partial charge in [-0.25, -0.2) is 13.8 Å². The van der Waals surface area contributed by atoms with Crippen LogP contribution in [0.15, 0.2) is 30.7 Å². The van der Waals surface area contributed by atoms with Crippen LogP contribution in [-0.4, -0.2) is 32.5 Å². The van der Waals surface area contributed by atoms with Gasteiger partial charge in [0.2, 0.25) is 0 Å². The highest BCUT2D eigenvalue weighted by atomic mass is 19.1. The van der Waals surface area contributed by atoms with E-state index in [4.69, 9.17) is 11.1 Å². The maximum absolute atomic E-state index is 13.9. The molecule has 7 nitrogen and oxygen atoms in total. The summed E-state index contributed by atoms with van der Waals surface area (Å²) in [6.07, 6.45) is 8.26. The van der Waals surface area contributed by atoms with Gasteiger partial charge in [-0.05, 0) is 30.7 Å². The average Bonchev–Trinajstić information content (AvgIpc) is 3.38. The molecule has 1 saturated carbocycles. The number of imidazole rings is 1. The lowest BCUT2D eigenvalue weighted by molar-refractivity contribution is 0.0942. The molecule has 0 aliphatic heterocycles. The van der Waals surface area contributed by atoms with Crippen molar-refractivity contribution in [2.45, 2.75) is 32.6 Å². The molecule has 3 heterocycles. The number of amides is 1. The number of nitrogens with two attached hydrogens (primary N) is 1. The second-order valence-corrected chi connectivity index (χ2v) is 8.04. The molecule has 0 aromatic carbocycles. The molecule has 0 radical (unpaired) electrons. The number of aromatic nitrogens is 3. The summed E-state index contributed by atoms with van der Waals surface area (Å²) in [5, 5.41) is 11.4. The normalized spacial score (nSPS) is 18.4. The summed E-state index contributed by atoms with van der Waals surface area (Å²) in [6, 6.07) is 2.14. The van der Waals surface area contributed by atoms with Crippen molar-refractivity contribution in [2.75, 3.05) is 12.3 Å². The van der Waals surface area contributed by atoms with E-state index in [0.29, 0.717) is 12.5 Å². The number of carbonyl (C=O) groups is 1. The van der Waals surface area contributed by atoms with Gasteiger partial charge in [0.05, 0.1) is 17.6 Å². The number of carbonyl (C=O) groups excluding carboxylic acids is 1. The number of halogens is 2. The van der Waals surface area contributed by atoms with Crippen molar-refractivity contribution < 1.29 is 13.6 Å². The lowest BCUT2D eigenvalue weighted by atomic mass is 10.0. The van der Waals surface area contributed by atoms with Crippen LogP contribution in [0.25, 0.3) is 5.65 Å². The van der Waals surface area contributed by atoms with Gasteiger partial charge >= 0.3 is 0 Å². The van der Waals surface area contributed by atoms with Gasteiger partial charge in [-0.1, -0.05) is 19.8 Å². The molecule has 1 amide bonds. The molecular weight excluding hydrogens is 402 g/mol. The predicted octanol–water partition coefficient (Wildman–Crippen LogP) is 3.56. The molecule has 1 fully saturated rings. The Morgan fingerprint density at radius 3 is 2.74 bits per heavy atom. The fourth-order valence-corrected chi connectivity index (χ4v) is 4.20.